The Morgan fingerprint density at radius 1 is 0.414 bits per heavy atom. The zero-order valence-electron chi connectivity index (χ0n) is 42.9. The van der Waals surface area contributed by atoms with E-state index in [0.29, 0.717) is 0 Å². The summed E-state index contributed by atoms with van der Waals surface area (Å²) in [6.45, 7) is 23.3. The van der Waals surface area contributed by atoms with Crippen molar-refractivity contribution < 1.29 is 0 Å². The topological polar surface area (TPSA) is 3.24 Å². The predicted octanol–water partition coefficient (Wildman–Crippen LogP) is 19.7. The number of hydrogen-bond acceptors (Lipinski definition) is 1. The predicted molar refractivity (Wildman–Crippen MR) is 304 cm³/mol. The summed E-state index contributed by atoms with van der Waals surface area (Å²) in [4.78, 5) is 2.53. The van der Waals surface area contributed by atoms with Crippen LogP contribution in [0.4, 0.5) is 17.1 Å². The average molecular weight is 910 g/mol. The second kappa shape index (κ2) is 17.9. The fraction of sp³-hybridized carbons (Fsp3) is 0.217. The summed E-state index contributed by atoms with van der Waals surface area (Å²) in [7, 11) is 0. The molecule has 0 bridgehead atoms. The smallest absolute Gasteiger partial charge is 0.0543 e. The van der Waals surface area contributed by atoms with Crippen molar-refractivity contribution >= 4 is 44.2 Å². The van der Waals surface area contributed by atoms with Gasteiger partial charge >= 0.3 is 0 Å². The molecular weight excluding hydrogens is 843 g/mol. The zero-order chi connectivity index (χ0) is 49.0. The Bertz CT molecular complexity index is 3410. The number of allylic oxidation sites excluding steroid dienone is 4. The number of rotatable bonds is 8. The molecule has 0 amide bonds. The maximum atomic E-state index is 2.53. The van der Waals surface area contributed by atoms with Gasteiger partial charge in [0.15, 0.2) is 0 Å². The summed E-state index contributed by atoms with van der Waals surface area (Å²) in [5.41, 5.74) is 18.3. The van der Waals surface area contributed by atoms with E-state index >= 15 is 0 Å². The first kappa shape index (κ1) is 46.5. The highest BCUT2D eigenvalue weighted by atomic mass is 15.1. The second-order valence-corrected chi connectivity index (χ2v) is 22.9. The fourth-order valence-electron chi connectivity index (χ4n) is 10.5. The third-order valence-corrected chi connectivity index (χ3v) is 14.7. The van der Waals surface area contributed by atoms with Crippen molar-refractivity contribution in [2.24, 2.45) is 0 Å². The van der Waals surface area contributed by atoms with E-state index in [2.05, 4.69) is 286 Å². The lowest BCUT2D eigenvalue weighted by molar-refractivity contribution is 0.569. The van der Waals surface area contributed by atoms with E-state index in [0.717, 1.165) is 23.5 Å². The molecule has 0 radical (unpaired) electrons. The van der Waals surface area contributed by atoms with E-state index in [1.54, 1.807) is 0 Å². The molecule has 0 fully saturated rings. The highest BCUT2D eigenvalue weighted by Crippen LogP contribution is 2.49. The van der Waals surface area contributed by atoms with Crippen LogP contribution in [0.2, 0.25) is 0 Å². The average Bonchev–Trinajstić information content (AvgIpc) is 3.36. The van der Waals surface area contributed by atoms with Crippen molar-refractivity contribution in [3.63, 3.8) is 0 Å². The molecule has 9 aromatic rings. The molecule has 1 heteroatoms. The Morgan fingerprint density at radius 2 is 1.00 bits per heavy atom. The Kier molecular flexibility index (Phi) is 11.9. The van der Waals surface area contributed by atoms with Gasteiger partial charge < -0.3 is 4.90 Å². The highest BCUT2D eigenvalue weighted by Gasteiger charge is 2.29. The van der Waals surface area contributed by atoms with Crippen molar-refractivity contribution in [1.82, 2.24) is 0 Å². The van der Waals surface area contributed by atoms with Gasteiger partial charge in [-0.15, -0.1) is 0 Å². The van der Waals surface area contributed by atoms with E-state index in [1.807, 2.05) is 0 Å². The molecule has 348 valence electrons. The molecule has 0 spiro atoms. The Labute approximate surface area is 417 Å². The van der Waals surface area contributed by atoms with Crippen LogP contribution in [0.25, 0.3) is 60.5 Å². The molecule has 1 atom stereocenters. The highest BCUT2D eigenvalue weighted by molar-refractivity contribution is 6.09. The van der Waals surface area contributed by atoms with Crippen molar-refractivity contribution in [2.45, 2.75) is 97.3 Å². The Balaban J connectivity index is 1.15. The molecule has 9 aromatic carbocycles. The number of fused-ring (bicyclic) bond motifs is 2. The summed E-state index contributed by atoms with van der Waals surface area (Å²) >= 11 is 0. The van der Waals surface area contributed by atoms with Crippen molar-refractivity contribution in [1.29, 1.82) is 0 Å². The van der Waals surface area contributed by atoms with Crippen LogP contribution in [-0.2, 0) is 21.7 Å². The van der Waals surface area contributed by atoms with Gasteiger partial charge in [0, 0.05) is 22.2 Å². The van der Waals surface area contributed by atoms with Gasteiger partial charge in [-0.05, 0) is 124 Å². The van der Waals surface area contributed by atoms with E-state index in [9.17, 15) is 0 Å². The van der Waals surface area contributed by atoms with E-state index in [4.69, 9.17) is 0 Å². The van der Waals surface area contributed by atoms with Crippen LogP contribution >= 0.6 is 0 Å². The van der Waals surface area contributed by atoms with E-state index in [-0.39, 0.29) is 21.7 Å². The molecule has 0 saturated heterocycles. The van der Waals surface area contributed by atoms with Gasteiger partial charge in [-0.3, -0.25) is 0 Å². The molecule has 1 nitrogen and oxygen atoms in total. The minimum Gasteiger partial charge on any atom is -0.309 e. The summed E-state index contributed by atoms with van der Waals surface area (Å²) in [6, 6.07) is 72.8. The van der Waals surface area contributed by atoms with Gasteiger partial charge in [-0.2, -0.15) is 0 Å². The molecule has 0 N–H and O–H groups in total. The van der Waals surface area contributed by atoms with Crippen LogP contribution in [0.1, 0.15) is 103 Å². The monoisotopic (exact) mass is 910 g/mol. The lowest BCUT2D eigenvalue weighted by atomic mass is 9.74. The second-order valence-electron chi connectivity index (χ2n) is 22.9. The molecule has 0 heterocycles. The Hall–Kier alpha value is -7.22. The standard InChI is InChI=1S/C69H67N/c1-66(2,3)53-35-38-58(50-21-12-11-13-22-50)64(46-53)70(56-36-33-47(34-37-56)48-39-41-69(10,42-40-48)62-31-20-24-49-23-14-15-27-57(49)62)63-32-17-16-28-60(63)61-30-19-26-51-25-18-29-59(65(51)61)52-43-54(67(4,5)6)45-55(44-52)68(7,8)9/h11-41,43-46H,42H2,1-10H3. The third-order valence-electron chi connectivity index (χ3n) is 14.7. The SMILES string of the molecule is CC(C)(C)c1cc(-c2cccc3cccc(-c4ccccc4N(c4ccc(C5=CCC(C)(c6cccc7ccccc67)C=C5)cc4)c4cc(C(C)(C)C)ccc4-c4ccccc4)c23)cc(C(C)(C)C)c1. The Morgan fingerprint density at radius 3 is 1.67 bits per heavy atom. The maximum absolute atomic E-state index is 2.53. The van der Waals surface area contributed by atoms with Crippen molar-refractivity contribution in [2.75, 3.05) is 4.90 Å². The molecule has 10 rings (SSSR count). The van der Waals surface area contributed by atoms with Crippen LogP contribution in [0.3, 0.4) is 0 Å². The molecule has 1 aliphatic carbocycles. The maximum Gasteiger partial charge on any atom is 0.0543 e. The van der Waals surface area contributed by atoms with Crippen molar-refractivity contribution in [3.8, 4) is 33.4 Å². The summed E-state index contributed by atoms with van der Waals surface area (Å²) in [5.74, 6) is 0. The third kappa shape index (κ3) is 8.95. The first-order valence-electron chi connectivity index (χ1n) is 25.2. The quantitative estimate of drug-likeness (QED) is 0.147. The van der Waals surface area contributed by atoms with Crippen LogP contribution in [0.5, 0.6) is 0 Å². The van der Waals surface area contributed by atoms with Crippen LogP contribution in [0.15, 0.2) is 212 Å². The van der Waals surface area contributed by atoms with Crippen LogP contribution < -0.4 is 4.90 Å². The van der Waals surface area contributed by atoms with Gasteiger partial charge in [-0.1, -0.05) is 257 Å². The number of hydrogen-bond donors (Lipinski definition) is 0. The van der Waals surface area contributed by atoms with Gasteiger partial charge in [-0.25, -0.2) is 0 Å². The molecule has 1 aliphatic rings. The largest absolute Gasteiger partial charge is 0.309 e. The van der Waals surface area contributed by atoms with Gasteiger partial charge in [0.1, 0.15) is 0 Å². The zero-order valence-corrected chi connectivity index (χ0v) is 42.9. The normalized spacial score (nSPS) is 15.3. The van der Waals surface area contributed by atoms with Gasteiger partial charge in [0.05, 0.1) is 11.4 Å². The van der Waals surface area contributed by atoms with Crippen molar-refractivity contribution in [3.05, 3.63) is 240 Å². The fourth-order valence-corrected chi connectivity index (χ4v) is 10.5. The number of benzene rings is 9. The lowest BCUT2D eigenvalue weighted by Gasteiger charge is -2.32. The van der Waals surface area contributed by atoms with E-state index in [1.165, 1.54) is 88.3 Å². The van der Waals surface area contributed by atoms with Crippen LogP contribution in [-0.4, -0.2) is 0 Å². The molecule has 0 aliphatic heterocycles. The van der Waals surface area contributed by atoms with Crippen LogP contribution in [0, 0.1) is 0 Å². The molecule has 0 saturated carbocycles. The van der Waals surface area contributed by atoms with Gasteiger partial charge in [0.25, 0.3) is 0 Å². The first-order valence-corrected chi connectivity index (χ1v) is 25.2. The molecule has 70 heavy (non-hydrogen) atoms. The molecule has 0 aromatic heterocycles. The minimum absolute atomic E-state index is 0.00792. The molecular formula is C69H67N. The first-order chi connectivity index (χ1) is 33.5. The summed E-state index contributed by atoms with van der Waals surface area (Å²) < 4.78 is 0. The number of anilines is 3. The summed E-state index contributed by atoms with van der Waals surface area (Å²) in [5, 5.41) is 5.10. The molecule has 1 unspecified atom stereocenters. The number of nitrogens with zero attached hydrogens (tertiary/aromatic N) is 1. The van der Waals surface area contributed by atoms with Gasteiger partial charge in [0.2, 0.25) is 0 Å². The minimum atomic E-state index is -0.0948. The number of para-hydroxylation sites is 1. The lowest BCUT2D eigenvalue weighted by Crippen LogP contribution is -2.20. The summed E-state index contributed by atoms with van der Waals surface area (Å²) in [6.07, 6.45) is 8.13. The van der Waals surface area contributed by atoms with E-state index < -0.39 is 0 Å².